The lowest BCUT2D eigenvalue weighted by atomic mass is 9.34. The Hall–Kier alpha value is -10.7. The van der Waals surface area contributed by atoms with Crippen molar-refractivity contribution >= 4 is 109 Å². The van der Waals surface area contributed by atoms with Crippen LogP contribution >= 0.6 is 11.8 Å². The van der Waals surface area contributed by atoms with Gasteiger partial charge in [0.15, 0.2) is 0 Å². The molecule has 0 saturated carbocycles. The first-order valence-electron chi connectivity index (χ1n) is 29.4. The Morgan fingerprint density at radius 3 is 1.40 bits per heavy atom. The zero-order chi connectivity index (χ0) is 56.7. The van der Waals surface area contributed by atoms with Crippen LogP contribution in [0.2, 0.25) is 0 Å². The molecule has 0 spiro atoms. The Balaban J connectivity index is 0.909. The molecule has 4 aliphatic heterocycles. The fraction of sp³-hybridized carbons (Fsp3) is 0. The second-order valence-corrected chi connectivity index (χ2v) is 23.4. The van der Waals surface area contributed by atoms with Gasteiger partial charge in [-0.3, -0.25) is 0 Å². The maximum atomic E-state index is 7.15. The number of hydrogen-bond donors (Lipinski definition) is 0. The summed E-state index contributed by atoms with van der Waals surface area (Å²) in [5.74, 6) is 3.31. The lowest BCUT2D eigenvalue weighted by Crippen LogP contribution is -2.59. The molecule has 0 aromatic heterocycles. The molecule has 0 saturated heterocycles. The molecular weight excluding hydrogens is 1060 g/mol. The van der Waals surface area contributed by atoms with Crippen LogP contribution in [0.5, 0.6) is 23.0 Å². The van der Waals surface area contributed by atoms with Gasteiger partial charge in [-0.25, -0.2) is 0 Å². The van der Waals surface area contributed by atoms with Crippen molar-refractivity contribution in [3.05, 3.63) is 309 Å². The summed E-state index contributed by atoms with van der Waals surface area (Å²) in [6.45, 7) is -0.204. The van der Waals surface area contributed by atoms with Gasteiger partial charge in [0.1, 0.15) is 23.0 Å². The van der Waals surface area contributed by atoms with E-state index in [9.17, 15) is 0 Å². The highest BCUT2D eigenvalue weighted by atomic mass is 32.2. The number of hydrogen-bond acceptors (Lipinski definition) is 6. The number of para-hydroxylation sites is 6. The van der Waals surface area contributed by atoms with E-state index < -0.39 is 0 Å². The maximum absolute atomic E-state index is 7.15. The highest BCUT2D eigenvalue weighted by molar-refractivity contribution is 8.00. The quantitative estimate of drug-likeness (QED) is 0.127. The molecule has 402 valence electrons. The SMILES string of the molecule is c1ccc(-c2ccc3c(c2)B2c4ccccc4Oc4cc(-c5cc6c7c(c5)N(c5ccccc5-c5ccccc5)c5cc(N(c8ccccc8)c8ccccc8)ccc5B7c5ccc(N(c7ccccc7)c7ccccc7)cc5S6)cc(c42)O3)cc1. The number of benzene rings is 13. The van der Waals surface area contributed by atoms with E-state index in [0.717, 1.165) is 118 Å². The Kier molecular flexibility index (Phi) is 12.0. The van der Waals surface area contributed by atoms with Crippen molar-refractivity contribution in [3.63, 3.8) is 0 Å². The molecule has 8 heteroatoms. The highest BCUT2D eigenvalue weighted by Crippen LogP contribution is 2.50. The third-order valence-corrected chi connectivity index (χ3v) is 18.5. The van der Waals surface area contributed by atoms with Crippen LogP contribution in [0.4, 0.5) is 51.2 Å². The van der Waals surface area contributed by atoms with Gasteiger partial charge in [0.05, 0.1) is 5.69 Å². The van der Waals surface area contributed by atoms with Crippen LogP contribution < -0.4 is 57.0 Å². The lowest BCUT2D eigenvalue weighted by Gasteiger charge is -2.42. The van der Waals surface area contributed by atoms with Crippen molar-refractivity contribution in [1.29, 1.82) is 0 Å². The summed E-state index contributed by atoms with van der Waals surface area (Å²) in [4.78, 5) is 9.71. The summed E-state index contributed by atoms with van der Waals surface area (Å²) in [5, 5.41) is 0. The standard InChI is InChI=1S/C78H51B2N3O2S/c1-7-23-52(24-8-1)54-39-44-72-67(45-54)80-65-36-20-22-38-71(65)84-73-47-56(48-74(85-72)78(73)80)55-46-70-77-76(49-55)86-75-51-62(82(59-31-15-5-16-32-59)60-33-17-6-18-34-60)41-43-66(75)79(77)64-42-40-61(81(57-27-11-3-12-28-57)58-29-13-4-14-30-58)50-69(64)83(70)68-37-21-19-35-63(68)53-25-9-2-10-26-53/h1-51H. The normalized spacial score (nSPS) is 12.7. The molecule has 86 heavy (non-hydrogen) atoms. The predicted molar refractivity (Wildman–Crippen MR) is 360 cm³/mol. The van der Waals surface area contributed by atoms with Crippen LogP contribution in [0.1, 0.15) is 0 Å². The first-order chi connectivity index (χ1) is 42.6. The van der Waals surface area contributed by atoms with Gasteiger partial charge in [-0.2, -0.15) is 0 Å². The number of nitrogens with zero attached hydrogens (tertiary/aromatic N) is 3. The lowest BCUT2D eigenvalue weighted by molar-refractivity contribution is 0.465. The third kappa shape index (κ3) is 8.35. The Morgan fingerprint density at radius 1 is 0.267 bits per heavy atom. The second kappa shape index (κ2) is 20.6. The highest BCUT2D eigenvalue weighted by Gasteiger charge is 2.44. The molecule has 4 aliphatic rings. The van der Waals surface area contributed by atoms with Gasteiger partial charge in [0.25, 0.3) is 6.71 Å². The minimum atomic E-state index is -0.113. The molecule has 13 aromatic rings. The summed E-state index contributed by atoms with van der Waals surface area (Å²) >= 11 is 1.86. The van der Waals surface area contributed by atoms with Crippen molar-refractivity contribution in [2.75, 3.05) is 14.7 Å². The van der Waals surface area contributed by atoms with Gasteiger partial charge < -0.3 is 24.2 Å². The van der Waals surface area contributed by atoms with Crippen LogP contribution in [0, 0.1) is 0 Å². The Labute approximate surface area is 505 Å². The van der Waals surface area contributed by atoms with Gasteiger partial charge >= 0.3 is 0 Å². The topological polar surface area (TPSA) is 28.2 Å². The minimum absolute atomic E-state index is 0.0912. The summed E-state index contributed by atoms with van der Waals surface area (Å²) in [6.07, 6.45) is 0. The molecular formula is C78H51B2N3O2S. The average molecular weight is 1120 g/mol. The van der Waals surface area contributed by atoms with Gasteiger partial charge in [0.2, 0.25) is 6.71 Å². The Morgan fingerprint density at radius 2 is 0.767 bits per heavy atom. The van der Waals surface area contributed by atoms with E-state index >= 15 is 0 Å². The van der Waals surface area contributed by atoms with Crippen LogP contribution in [0.25, 0.3) is 33.4 Å². The van der Waals surface area contributed by atoms with E-state index in [1.165, 1.54) is 31.7 Å². The molecule has 0 unspecified atom stereocenters. The summed E-state index contributed by atoms with van der Waals surface area (Å²) in [5.41, 5.74) is 23.6. The number of anilines is 9. The van der Waals surface area contributed by atoms with E-state index in [-0.39, 0.29) is 13.4 Å². The monoisotopic (exact) mass is 1120 g/mol. The maximum Gasteiger partial charge on any atom is 0.260 e. The van der Waals surface area contributed by atoms with Crippen molar-refractivity contribution < 1.29 is 9.47 Å². The fourth-order valence-corrected chi connectivity index (χ4v) is 14.8. The van der Waals surface area contributed by atoms with Crippen molar-refractivity contribution in [3.8, 4) is 56.4 Å². The van der Waals surface area contributed by atoms with Crippen LogP contribution in [0.3, 0.4) is 0 Å². The van der Waals surface area contributed by atoms with Gasteiger partial charge in [-0.05, 0) is 165 Å². The zero-order valence-electron chi connectivity index (χ0n) is 46.7. The molecule has 0 atom stereocenters. The number of fused-ring (bicyclic) bond motifs is 8. The smallest absolute Gasteiger partial charge is 0.260 e. The van der Waals surface area contributed by atoms with E-state index in [0.29, 0.717) is 0 Å². The van der Waals surface area contributed by atoms with Gasteiger partial charge in [-0.1, -0.05) is 211 Å². The largest absolute Gasteiger partial charge is 0.458 e. The summed E-state index contributed by atoms with van der Waals surface area (Å²) < 4.78 is 14.2. The molecule has 0 aliphatic carbocycles. The molecule has 17 rings (SSSR count). The molecule has 4 heterocycles. The van der Waals surface area contributed by atoms with Crippen molar-refractivity contribution in [2.24, 2.45) is 0 Å². The second-order valence-electron chi connectivity index (χ2n) is 22.3. The number of rotatable bonds is 10. The fourth-order valence-electron chi connectivity index (χ4n) is 13.6. The Bertz CT molecular complexity index is 4670. The first kappa shape index (κ1) is 49.9. The first-order valence-corrected chi connectivity index (χ1v) is 30.2. The molecule has 0 fully saturated rings. The molecule has 0 radical (unpaired) electrons. The average Bonchev–Trinajstić information content (AvgIpc) is 0.824. The van der Waals surface area contributed by atoms with E-state index in [2.05, 4.69) is 324 Å². The van der Waals surface area contributed by atoms with Gasteiger partial charge in [0, 0.05) is 66.3 Å². The molecule has 13 aromatic carbocycles. The van der Waals surface area contributed by atoms with Crippen LogP contribution in [0.15, 0.2) is 319 Å². The van der Waals surface area contributed by atoms with E-state index in [1.807, 2.05) is 11.8 Å². The minimum Gasteiger partial charge on any atom is -0.458 e. The van der Waals surface area contributed by atoms with E-state index in [4.69, 9.17) is 9.47 Å². The molecule has 0 amide bonds. The van der Waals surface area contributed by atoms with Gasteiger partial charge in [-0.15, -0.1) is 0 Å². The van der Waals surface area contributed by atoms with Crippen LogP contribution in [-0.2, 0) is 0 Å². The molecule has 5 nitrogen and oxygen atoms in total. The summed E-state index contributed by atoms with van der Waals surface area (Å²) in [7, 11) is 0. The number of ether oxygens (including phenoxy) is 2. The van der Waals surface area contributed by atoms with Crippen LogP contribution in [-0.4, -0.2) is 13.4 Å². The van der Waals surface area contributed by atoms with Crippen molar-refractivity contribution in [2.45, 2.75) is 9.79 Å². The zero-order valence-corrected chi connectivity index (χ0v) is 47.5. The predicted octanol–water partition coefficient (Wildman–Crippen LogP) is 17.1. The van der Waals surface area contributed by atoms with E-state index in [1.54, 1.807) is 0 Å². The van der Waals surface area contributed by atoms with Crippen molar-refractivity contribution in [1.82, 2.24) is 0 Å². The molecule has 0 bridgehead atoms. The molecule has 0 N–H and O–H groups in total. The summed E-state index contributed by atoms with van der Waals surface area (Å²) in [6, 6.07) is 112. The third-order valence-electron chi connectivity index (χ3n) is 17.4.